The quantitative estimate of drug-likeness (QED) is 0.865. The molecule has 2 rings (SSSR count). The number of aryl methyl sites for hydroxylation is 2. The van der Waals surface area contributed by atoms with Gasteiger partial charge in [0.15, 0.2) is 0 Å². The van der Waals surface area contributed by atoms with E-state index in [-0.39, 0.29) is 0 Å². The molecule has 20 heavy (non-hydrogen) atoms. The lowest BCUT2D eigenvalue weighted by molar-refractivity contribution is -0.137. The third-order valence-electron chi connectivity index (χ3n) is 3.10. The predicted molar refractivity (Wildman–Crippen MR) is 75.8 cm³/mol. The summed E-state index contributed by atoms with van der Waals surface area (Å²) in [6.07, 6.45) is -4.28. The molecule has 0 spiro atoms. The van der Waals surface area contributed by atoms with Crippen LogP contribution in [0.1, 0.15) is 26.4 Å². The molecule has 1 aromatic heterocycles. The molecule has 0 saturated carbocycles. The summed E-state index contributed by atoms with van der Waals surface area (Å²) in [6, 6.07) is 7.54. The van der Waals surface area contributed by atoms with Gasteiger partial charge in [0.05, 0.1) is 5.56 Å². The van der Waals surface area contributed by atoms with Crippen LogP contribution in [0.15, 0.2) is 30.3 Å². The topological polar surface area (TPSA) is 12.0 Å². The SMILES string of the molecule is Cc1cc(CNCc2cccc(C(F)(F)F)c2)sc1C. The lowest BCUT2D eigenvalue weighted by Gasteiger charge is -2.09. The Kier molecular flexibility index (Phi) is 4.50. The molecule has 1 aromatic carbocycles. The molecule has 1 heterocycles. The smallest absolute Gasteiger partial charge is 0.308 e. The Hall–Kier alpha value is -1.33. The molecule has 0 aliphatic heterocycles. The van der Waals surface area contributed by atoms with E-state index >= 15 is 0 Å². The average molecular weight is 299 g/mol. The molecular weight excluding hydrogens is 283 g/mol. The van der Waals surface area contributed by atoms with Gasteiger partial charge in [-0.25, -0.2) is 0 Å². The minimum absolute atomic E-state index is 0.430. The fourth-order valence-electron chi connectivity index (χ4n) is 1.92. The normalized spacial score (nSPS) is 11.8. The Labute approximate surface area is 120 Å². The van der Waals surface area contributed by atoms with Crippen LogP contribution in [0.2, 0.25) is 0 Å². The van der Waals surface area contributed by atoms with E-state index in [0.717, 1.165) is 6.07 Å². The fourth-order valence-corrected chi connectivity index (χ4v) is 2.95. The van der Waals surface area contributed by atoms with Crippen molar-refractivity contribution in [3.8, 4) is 0 Å². The number of rotatable bonds is 4. The number of alkyl halides is 3. The molecule has 0 amide bonds. The van der Waals surface area contributed by atoms with Gasteiger partial charge in [0.2, 0.25) is 0 Å². The molecule has 0 fully saturated rings. The third kappa shape index (κ3) is 3.84. The van der Waals surface area contributed by atoms with Crippen LogP contribution in [0.4, 0.5) is 13.2 Å². The average Bonchev–Trinajstić information content (AvgIpc) is 2.68. The number of hydrogen-bond acceptors (Lipinski definition) is 2. The zero-order chi connectivity index (χ0) is 14.8. The standard InChI is InChI=1S/C15H16F3NS/c1-10-6-14(20-11(10)2)9-19-8-12-4-3-5-13(7-12)15(16,17)18/h3-7,19H,8-9H2,1-2H3. The minimum atomic E-state index is -4.28. The molecule has 0 atom stereocenters. The van der Waals surface area contributed by atoms with Gasteiger partial charge < -0.3 is 5.32 Å². The van der Waals surface area contributed by atoms with E-state index in [1.165, 1.54) is 27.5 Å². The van der Waals surface area contributed by atoms with Crippen molar-refractivity contribution in [2.75, 3.05) is 0 Å². The molecule has 0 bridgehead atoms. The Morgan fingerprint density at radius 2 is 1.85 bits per heavy atom. The highest BCUT2D eigenvalue weighted by Crippen LogP contribution is 2.29. The Morgan fingerprint density at radius 1 is 1.10 bits per heavy atom. The minimum Gasteiger partial charge on any atom is -0.308 e. The number of hydrogen-bond donors (Lipinski definition) is 1. The van der Waals surface area contributed by atoms with Crippen LogP contribution in [-0.4, -0.2) is 0 Å². The van der Waals surface area contributed by atoms with Gasteiger partial charge in [-0.15, -0.1) is 11.3 Å². The monoisotopic (exact) mass is 299 g/mol. The highest BCUT2D eigenvalue weighted by Gasteiger charge is 2.30. The number of halogens is 3. The van der Waals surface area contributed by atoms with Gasteiger partial charge in [-0.05, 0) is 37.1 Å². The highest BCUT2D eigenvalue weighted by molar-refractivity contribution is 7.12. The van der Waals surface area contributed by atoms with Gasteiger partial charge in [0.25, 0.3) is 0 Å². The molecule has 0 saturated heterocycles. The van der Waals surface area contributed by atoms with E-state index < -0.39 is 11.7 Å². The molecule has 1 N–H and O–H groups in total. The third-order valence-corrected chi connectivity index (χ3v) is 4.25. The van der Waals surface area contributed by atoms with Crippen molar-refractivity contribution >= 4 is 11.3 Å². The molecule has 0 radical (unpaired) electrons. The summed E-state index contributed by atoms with van der Waals surface area (Å²) in [5.41, 5.74) is 1.30. The van der Waals surface area contributed by atoms with E-state index in [1.807, 2.05) is 0 Å². The molecule has 5 heteroatoms. The number of thiophene rings is 1. The van der Waals surface area contributed by atoms with Gasteiger partial charge in [-0.3, -0.25) is 0 Å². The summed E-state index contributed by atoms with van der Waals surface area (Å²) in [4.78, 5) is 2.48. The Balaban J connectivity index is 1.94. The summed E-state index contributed by atoms with van der Waals surface area (Å²) in [7, 11) is 0. The van der Waals surface area contributed by atoms with E-state index in [2.05, 4.69) is 25.2 Å². The summed E-state index contributed by atoms with van der Waals surface area (Å²) < 4.78 is 37.8. The summed E-state index contributed by atoms with van der Waals surface area (Å²) in [5, 5.41) is 3.18. The summed E-state index contributed by atoms with van der Waals surface area (Å²) in [6.45, 7) is 5.23. The van der Waals surface area contributed by atoms with Crippen LogP contribution < -0.4 is 5.32 Å². The van der Waals surface area contributed by atoms with E-state index in [4.69, 9.17) is 0 Å². The van der Waals surface area contributed by atoms with Crippen molar-refractivity contribution in [2.45, 2.75) is 33.1 Å². The van der Waals surface area contributed by atoms with Gasteiger partial charge in [-0.1, -0.05) is 18.2 Å². The van der Waals surface area contributed by atoms with Crippen molar-refractivity contribution in [2.24, 2.45) is 0 Å². The first-order valence-corrected chi connectivity index (χ1v) is 7.10. The van der Waals surface area contributed by atoms with Crippen LogP contribution in [-0.2, 0) is 19.3 Å². The van der Waals surface area contributed by atoms with E-state index in [1.54, 1.807) is 17.4 Å². The van der Waals surface area contributed by atoms with E-state index in [0.29, 0.717) is 18.7 Å². The second-order valence-electron chi connectivity index (χ2n) is 4.75. The summed E-state index contributed by atoms with van der Waals surface area (Å²) >= 11 is 1.71. The maximum absolute atomic E-state index is 12.6. The first-order valence-electron chi connectivity index (χ1n) is 6.29. The molecule has 0 aliphatic carbocycles. The molecule has 2 aromatic rings. The van der Waals surface area contributed by atoms with Gasteiger partial charge in [-0.2, -0.15) is 13.2 Å². The lowest BCUT2D eigenvalue weighted by atomic mass is 10.1. The number of nitrogens with one attached hydrogen (secondary N) is 1. The van der Waals surface area contributed by atoms with Crippen LogP contribution >= 0.6 is 11.3 Å². The lowest BCUT2D eigenvalue weighted by Crippen LogP contribution is -2.13. The van der Waals surface area contributed by atoms with Crippen molar-refractivity contribution < 1.29 is 13.2 Å². The first kappa shape index (κ1) is 15.1. The van der Waals surface area contributed by atoms with Crippen LogP contribution in [0.25, 0.3) is 0 Å². The fraction of sp³-hybridized carbons (Fsp3) is 0.333. The molecular formula is C15H16F3NS. The van der Waals surface area contributed by atoms with Crippen molar-refractivity contribution in [3.63, 3.8) is 0 Å². The molecule has 0 unspecified atom stereocenters. The largest absolute Gasteiger partial charge is 0.416 e. The van der Waals surface area contributed by atoms with Crippen molar-refractivity contribution in [1.29, 1.82) is 0 Å². The van der Waals surface area contributed by atoms with E-state index in [9.17, 15) is 13.2 Å². The second kappa shape index (κ2) is 5.97. The van der Waals surface area contributed by atoms with Crippen molar-refractivity contribution in [3.05, 3.63) is 56.8 Å². The maximum Gasteiger partial charge on any atom is 0.416 e. The van der Waals surface area contributed by atoms with Gasteiger partial charge >= 0.3 is 6.18 Å². The van der Waals surface area contributed by atoms with Crippen LogP contribution in [0.3, 0.4) is 0 Å². The Bertz CT molecular complexity index is 568. The van der Waals surface area contributed by atoms with Gasteiger partial charge in [0, 0.05) is 22.8 Å². The second-order valence-corrected chi connectivity index (χ2v) is 6.09. The van der Waals surface area contributed by atoms with Crippen LogP contribution in [0, 0.1) is 13.8 Å². The molecule has 108 valence electrons. The first-order chi connectivity index (χ1) is 9.36. The maximum atomic E-state index is 12.6. The van der Waals surface area contributed by atoms with Gasteiger partial charge in [0.1, 0.15) is 0 Å². The predicted octanol–water partition coefficient (Wildman–Crippen LogP) is 4.67. The van der Waals surface area contributed by atoms with Crippen LogP contribution in [0.5, 0.6) is 0 Å². The summed E-state index contributed by atoms with van der Waals surface area (Å²) in [5.74, 6) is 0. The molecule has 0 aliphatic rings. The highest BCUT2D eigenvalue weighted by atomic mass is 32.1. The molecule has 1 nitrogen and oxygen atoms in total. The zero-order valence-corrected chi connectivity index (χ0v) is 12.2. The van der Waals surface area contributed by atoms with Crippen molar-refractivity contribution in [1.82, 2.24) is 5.32 Å². The zero-order valence-electron chi connectivity index (χ0n) is 11.3. The number of benzene rings is 1. The Morgan fingerprint density at radius 3 is 2.45 bits per heavy atom.